The second-order valence-electron chi connectivity index (χ2n) is 11.5. The lowest BCUT2D eigenvalue weighted by atomic mass is 10.1. The van der Waals surface area contributed by atoms with E-state index in [0.29, 0.717) is 0 Å². The number of ether oxygens (including phenoxy) is 1. The first-order valence-corrected chi connectivity index (χ1v) is 16.8. The summed E-state index contributed by atoms with van der Waals surface area (Å²) in [5.41, 5.74) is 5.10. The molecule has 4 atom stereocenters. The van der Waals surface area contributed by atoms with E-state index in [-0.39, 0.29) is 16.6 Å². The largest absolute Gasteiger partial charge is 0.408 e. The molecule has 31 heavy (non-hydrogen) atoms. The highest BCUT2D eigenvalue weighted by atomic mass is 28.4. The van der Waals surface area contributed by atoms with Gasteiger partial charge in [0.2, 0.25) is 0 Å². The Morgan fingerprint density at radius 1 is 1.00 bits per heavy atom. The highest BCUT2D eigenvalue weighted by molar-refractivity contribution is 6.74. The van der Waals surface area contributed by atoms with E-state index in [1.165, 1.54) is 16.8 Å². The molecule has 0 bridgehead atoms. The van der Waals surface area contributed by atoms with Crippen LogP contribution in [0.5, 0.6) is 0 Å². The second-order valence-corrected chi connectivity index (χ2v) is 21.0. The lowest BCUT2D eigenvalue weighted by Gasteiger charge is -2.44. The first-order chi connectivity index (χ1) is 13.9. The third-order valence-electron chi connectivity index (χ3n) is 7.12. The maximum atomic E-state index is 12.6. The Hall–Kier alpha value is -1.05. The molecule has 2 heterocycles. The van der Waals surface area contributed by atoms with Crippen molar-refractivity contribution in [3.63, 3.8) is 0 Å². The molecule has 0 aromatic carbocycles. The monoisotopic (exact) mass is 471 g/mol. The van der Waals surface area contributed by atoms with Crippen molar-refractivity contribution >= 4 is 16.6 Å². The molecule has 3 N–H and O–H groups in total. The Morgan fingerprint density at radius 3 is 1.90 bits per heavy atom. The Bertz CT molecular complexity index is 882. The molecule has 178 valence electrons. The van der Waals surface area contributed by atoms with E-state index in [2.05, 4.69) is 72.7 Å². The molecule has 1 fully saturated rings. The number of rotatable bonds is 6. The Labute approximate surface area is 187 Å². The summed E-state index contributed by atoms with van der Waals surface area (Å²) < 4.78 is 21.3. The fraction of sp³-hybridized carbons (Fsp3) is 0.810. The number of aromatic amines is 1. The standard InChI is InChI=1S/C21H41N3O5Si2/c1-20(2,3)30(7,8)28-16-14(13-22)27-18(24-12-11-15(25)23-19(24)26)17(16)29-31(9,10)21(4,5)6/h11-12,14,16-18H,13,22H2,1-10H3,(H,23,25,26)/t14-,16-,17-,18-/m1/s1. The highest BCUT2D eigenvalue weighted by Crippen LogP contribution is 2.45. The fourth-order valence-corrected chi connectivity index (χ4v) is 5.66. The zero-order valence-electron chi connectivity index (χ0n) is 20.7. The van der Waals surface area contributed by atoms with Gasteiger partial charge in [-0.3, -0.25) is 14.3 Å². The van der Waals surface area contributed by atoms with Crippen molar-refractivity contribution in [3.8, 4) is 0 Å². The number of hydrogen-bond acceptors (Lipinski definition) is 6. The van der Waals surface area contributed by atoms with Crippen LogP contribution >= 0.6 is 0 Å². The van der Waals surface area contributed by atoms with Gasteiger partial charge in [0.05, 0.1) is 6.10 Å². The van der Waals surface area contributed by atoms with Gasteiger partial charge in [0.25, 0.3) is 5.56 Å². The van der Waals surface area contributed by atoms with Crippen molar-refractivity contribution in [1.82, 2.24) is 9.55 Å². The van der Waals surface area contributed by atoms with Gasteiger partial charge in [0.1, 0.15) is 12.2 Å². The predicted octanol–water partition coefficient (Wildman–Crippen LogP) is 3.17. The zero-order chi connectivity index (χ0) is 24.0. The van der Waals surface area contributed by atoms with E-state index in [9.17, 15) is 9.59 Å². The van der Waals surface area contributed by atoms with Gasteiger partial charge in [-0.05, 0) is 36.3 Å². The van der Waals surface area contributed by atoms with Crippen LogP contribution in [0.2, 0.25) is 36.3 Å². The zero-order valence-corrected chi connectivity index (χ0v) is 22.7. The van der Waals surface area contributed by atoms with Crippen LogP contribution in [0.3, 0.4) is 0 Å². The molecule has 0 saturated carbocycles. The third kappa shape index (κ3) is 5.48. The van der Waals surface area contributed by atoms with E-state index >= 15 is 0 Å². The van der Waals surface area contributed by atoms with Gasteiger partial charge in [-0.2, -0.15) is 0 Å². The van der Waals surface area contributed by atoms with Gasteiger partial charge < -0.3 is 19.3 Å². The van der Waals surface area contributed by atoms with Crippen molar-refractivity contribution in [3.05, 3.63) is 33.1 Å². The number of nitrogens with one attached hydrogen (secondary N) is 1. The number of hydrogen-bond donors (Lipinski definition) is 2. The molecule has 8 nitrogen and oxygen atoms in total. The fourth-order valence-electron chi connectivity index (χ4n) is 3.05. The molecule has 1 saturated heterocycles. The van der Waals surface area contributed by atoms with Crippen LogP contribution < -0.4 is 17.0 Å². The van der Waals surface area contributed by atoms with Crippen molar-refractivity contribution in [2.24, 2.45) is 5.73 Å². The summed E-state index contributed by atoms with van der Waals surface area (Å²) in [7, 11) is -4.44. The van der Waals surface area contributed by atoms with Gasteiger partial charge in [0.15, 0.2) is 22.9 Å². The topological polar surface area (TPSA) is 109 Å². The van der Waals surface area contributed by atoms with Crippen molar-refractivity contribution in [2.75, 3.05) is 6.54 Å². The number of aromatic nitrogens is 2. The maximum Gasteiger partial charge on any atom is 0.330 e. The van der Waals surface area contributed by atoms with Crippen LogP contribution in [0, 0.1) is 0 Å². The summed E-state index contributed by atoms with van der Waals surface area (Å²) in [6.45, 7) is 22.0. The minimum atomic E-state index is -2.25. The van der Waals surface area contributed by atoms with Crippen molar-refractivity contribution < 1.29 is 13.6 Å². The Morgan fingerprint density at radius 2 is 1.48 bits per heavy atom. The van der Waals surface area contributed by atoms with Crippen LogP contribution in [0.1, 0.15) is 47.8 Å². The van der Waals surface area contributed by atoms with E-state index in [0.717, 1.165) is 0 Å². The smallest absolute Gasteiger partial charge is 0.330 e. The molecule has 10 heteroatoms. The van der Waals surface area contributed by atoms with Gasteiger partial charge in [-0.15, -0.1) is 0 Å². The molecular formula is C21H41N3O5Si2. The first-order valence-electron chi connectivity index (χ1n) is 10.9. The molecule has 1 aromatic rings. The van der Waals surface area contributed by atoms with E-state index in [1.807, 2.05) is 0 Å². The summed E-state index contributed by atoms with van der Waals surface area (Å²) in [5, 5.41) is -0.0591. The molecule has 1 aliphatic heterocycles. The molecule has 1 aliphatic rings. The van der Waals surface area contributed by atoms with Crippen LogP contribution in [0.25, 0.3) is 0 Å². The predicted molar refractivity (Wildman–Crippen MR) is 128 cm³/mol. The Kier molecular flexibility index (Phi) is 7.37. The number of nitrogens with zero attached hydrogens (tertiary/aromatic N) is 1. The quantitative estimate of drug-likeness (QED) is 0.617. The molecule has 0 amide bonds. The van der Waals surface area contributed by atoms with Gasteiger partial charge in [-0.25, -0.2) is 4.79 Å². The van der Waals surface area contributed by atoms with E-state index < -0.39 is 52.4 Å². The summed E-state index contributed by atoms with van der Waals surface area (Å²) in [5.74, 6) is 0. The third-order valence-corrected chi connectivity index (χ3v) is 16.1. The van der Waals surface area contributed by atoms with Crippen LogP contribution in [0.15, 0.2) is 21.9 Å². The van der Waals surface area contributed by atoms with Crippen LogP contribution in [-0.2, 0) is 13.6 Å². The van der Waals surface area contributed by atoms with Crippen LogP contribution in [-0.4, -0.2) is 51.0 Å². The summed E-state index contributed by atoms with van der Waals surface area (Å²) in [6, 6.07) is 1.31. The highest BCUT2D eigenvalue weighted by Gasteiger charge is 2.54. The van der Waals surface area contributed by atoms with E-state index in [4.69, 9.17) is 19.3 Å². The van der Waals surface area contributed by atoms with Gasteiger partial charge >= 0.3 is 5.69 Å². The maximum absolute atomic E-state index is 12.6. The molecule has 0 radical (unpaired) electrons. The minimum Gasteiger partial charge on any atom is -0.408 e. The summed E-state index contributed by atoms with van der Waals surface area (Å²) in [4.78, 5) is 26.5. The lowest BCUT2D eigenvalue weighted by Crippen LogP contribution is -2.54. The van der Waals surface area contributed by atoms with Gasteiger partial charge in [0, 0.05) is 18.8 Å². The average molecular weight is 472 g/mol. The summed E-state index contributed by atoms with van der Waals surface area (Å²) >= 11 is 0. The molecule has 0 aliphatic carbocycles. The lowest BCUT2D eigenvalue weighted by molar-refractivity contribution is -0.0336. The number of nitrogens with two attached hydrogens (primary N) is 1. The first kappa shape index (κ1) is 26.2. The summed E-state index contributed by atoms with van der Waals surface area (Å²) in [6.07, 6.45) is -0.638. The second kappa shape index (κ2) is 8.71. The molecule has 1 aromatic heterocycles. The molecule has 0 unspecified atom stereocenters. The normalized spacial score (nSPS) is 25.8. The minimum absolute atomic E-state index is 0.0133. The van der Waals surface area contributed by atoms with Crippen molar-refractivity contribution in [1.29, 1.82) is 0 Å². The Balaban J connectivity index is 2.57. The number of H-pyrrole nitrogens is 1. The molecule has 0 spiro atoms. The molecular weight excluding hydrogens is 430 g/mol. The van der Waals surface area contributed by atoms with Crippen molar-refractivity contribution in [2.45, 2.75) is 102 Å². The van der Waals surface area contributed by atoms with E-state index in [1.54, 1.807) is 0 Å². The SMILES string of the molecule is CC(C)(C)[Si](C)(C)O[C@@H]1[C@H](O[Si](C)(C)C(C)(C)C)[C@@H](CN)O[C@H]1n1ccc(=O)[nH]c1=O. The van der Waals surface area contributed by atoms with Crippen LogP contribution in [0.4, 0.5) is 0 Å². The van der Waals surface area contributed by atoms with Gasteiger partial charge in [-0.1, -0.05) is 41.5 Å². The average Bonchev–Trinajstić information content (AvgIpc) is 2.89. The molecule has 2 rings (SSSR count).